The van der Waals surface area contributed by atoms with Crippen molar-refractivity contribution in [3.05, 3.63) is 98.6 Å². The van der Waals surface area contributed by atoms with Crippen LogP contribution < -0.4 is 10.2 Å². The first-order valence-corrected chi connectivity index (χ1v) is 11.2. The summed E-state index contributed by atoms with van der Waals surface area (Å²) in [5, 5.41) is 14.6. The zero-order valence-electron chi connectivity index (χ0n) is 18.5. The van der Waals surface area contributed by atoms with Crippen LogP contribution in [0.3, 0.4) is 0 Å². The van der Waals surface area contributed by atoms with Crippen molar-refractivity contribution in [1.29, 1.82) is 0 Å². The van der Waals surface area contributed by atoms with Gasteiger partial charge in [0.2, 0.25) is 0 Å². The molecule has 8 nitrogen and oxygen atoms in total. The topological polar surface area (TPSA) is 95.8 Å². The Kier molecular flexibility index (Phi) is 6.79. The lowest BCUT2D eigenvalue weighted by atomic mass is 10.1. The molecule has 3 amide bonds. The Morgan fingerprint density at radius 3 is 2.65 bits per heavy atom. The molecule has 0 saturated carbocycles. The van der Waals surface area contributed by atoms with Crippen molar-refractivity contribution in [2.24, 2.45) is 0 Å². The number of aryl methyl sites for hydroxylation is 1. The molecule has 174 valence electrons. The van der Waals surface area contributed by atoms with Gasteiger partial charge in [-0.2, -0.15) is 0 Å². The number of carbonyl (C=O) groups excluding carboxylic acids is 2. The molecule has 3 aromatic rings. The fourth-order valence-corrected chi connectivity index (χ4v) is 4.10. The number of halogens is 1. The first-order valence-electron chi connectivity index (χ1n) is 10.8. The van der Waals surface area contributed by atoms with E-state index in [0.29, 0.717) is 41.6 Å². The lowest BCUT2D eigenvalue weighted by molar-refractivity contribution is -0.385. The van der Waals surface area contributed by atoms with Crippen LogP contribution in [-0.4, -0.2) is 34.9 Å². The molecule has 0 radical (unpaired) electrons. The number of carbonyl (C=O) groups is 2. The van der Waals surface area contributed by atoms with Crippen LogP contribution in [0.5, 0.6) is 0 Å². The third-order valence-electron chi connectivity index (χ3n) is 5.71. The van der Waals surface area contributed by atoms with E-state index in [0.717, 1.165) is 12.0 Å². The average Bonchev–Trinajstić information content (AvgIpc) is 2.82. The Bertz CT molecular complexity index is 1260. The first kappa shape index (κ1) is 23.3. The molecular weight excluding hydrogens is 456 g/mol. The molecule has 0 aliphatic carbocycles. The van der Waals surface area contributed by atoms with Gasteiger partial charge in [0, 0.05) is 53.2 Å². The maximum atomic E-state index is 13.2. The summed E-state index contributed by atoms with van der Waals surface area (Å²) >= 11 is 6.27. The van der Waals surface area contributed by atoms with Gasteiger partial charge in [0.05, 0.1) is 4.92 Å². The predicted molar refractivity (Wildman–Crippen MR) is 131 cm³/mol. The van der Waals surface area contributed by atoms with Crippen LogP contribution in [0.2, 0.25) is 5.02 Å². The molecule has 0 spiro atoms. The number of urea groups is 1. The lowest BCUT2D eigenvalue weighted by Crippen LogP contribution is -2.49. The molecule has 1 heterocycles. The van der Waals surface area contributed by atoms with Crippen LogP contribution in [0.25, 0.3) is 0 Å². The third kappa shape index (κ3) is 5.02. The van der Waals surface area contributed by atoms with Crippen molar-refractivity contribution < 1.29 is 14.5 Å². The minimum atomic E-state index is -0.511. The molecule has 1 saturated heterocycles. The summed E-state index contributed by atoms with van der Waals surface area (Å²) in [5.41, 5.74) is 2.57. The van der Waals surface area contributed by atoms with Gasteiger partial charge in [0.15, 0.2) is 0 Å². The Morgan fingerprint density at radius 1 is 1.09 bits per heavy atom. The second-order valence-electron chi connectivity index (χ2n) is 8.06. The highest BCUT2D eigenvalue weighted by Crippen LogP contribution is 2.26. The molecule has 9 heteroatoms. The maximum Gasteiger partial charge on any atom is 0.324 e. The van der Waals surface area contributed by atoms with Crippen molar-refractivity contribution >= 4 is 40.6 Å². The monoisotopic (exact) mass is 478 g/mol. The molecule has 34 heavy (non-hydrogen) atoms. The van der Waals surface area contributed by atoms with E-state index >= 15 is 0 Å². The minimum Gasteiger partial charge on any atom is -0.322 e. The molecule has 3 aromatic carbocycles. The van der Waals surface area contributed by atoms with E-state index in [2.05, 4.69) is 5.32 Å². The zero-order valence-corrected chi connectivity index (χ0v) is 19.3. The summed E-state index contributed by atoms with van der Waals surface area (Å²) in [4.78, 5) is 40.0. The number of anilines is 2. The first-order chi connectivity index (χ1) is 16.3. The SMILES string of the molecule is Cc1ccc(C(=O)Nc2cccc(N3CCCN(Cc4ccccc4Cl)C3=O)c2)cc1[N+](=O)[O-]. The Morgan fingerprint density at radius 2 is 1.88 bits per heavy atom. The number of hydrogen-bond donors (Lipinski definition) is 1. The van der Waals surface area contributed by atoms with Gasteiger partial charge in [-0.3, -0.25) is 19.8 Å². The van der Waals surface area contributed by atoms with Crippen LogP contribution in [0.15, 0.2) is 66.7 Å². The Balaban J connectivity index is 1.50. The molecule has 1 aliphatic heterocycles. The molecule has 1 N–H and O–H groups in total. The maximum absolute atomic E-state index is 13.2. The summed E-state index contributed by atoms with van der Waals surface area (Å²) < 4.78 is 0. The van der Waals surface area contributed by atoms with Gasteiger partial charge in [-0.25, -0.2) is 4.79 Å². The largest absolute Gasteiger partial charge is 0.324 e. The molecule has 0 aromatic heterocycles. The highest BCUT2D eigenvalue weighted by molar-refractivity contribution is 6.31. The van der Waals surface area contributed by atoms with E-state index in [1.807, 2.05) is 24.3 Å². The van der Waals surface area contributed by atoms with Crippen molar-refractivity contribution in [1.82, 2.24) is 4.90 Å². The van der Waals surface area contributed by atoms with Crippen LogP contribution >= 0.6 is 11.6 Å². The number of nitrogens with one attached hydrogen (secondary N) is 1. The third-order valence-corrected chi connectivity index (χ3v) is 6.08. The summed E-state index contributed by atoms with van der Waals surface area (Å²) in [6.07, 6.45) is 0.791. The van der Waals surface area contributed by atoms with E-state index in [1.165, 1.54) is 6.07 Å². The van der Waals surface area contributed by atoms with Crippen molar-refractivity contribution in [3.8, 4) is 0 Å². The van der Waals surface area contributed by atoms with E-state index in [4.69, 9.17) is 11.6 Å². The molecule has 4 rings (SSSR count). The van der Waals surface area contributed by atoms with Crippen molar-refractivity contribution in [3.63, 3.8) is 0 Å². The van der Waals surface area contributed by atoms with Crippen LogP contribution in [0.4, 0.5) is 21.9 Å². The molecule has 0 bridgehead atoms. The molecule has 1 aliphatic rings. The molecule has 0 unspecified atom stereocenters. The zero-order chi connectivity index (χ0) is 24.2. The fourth-order valence-electron chi connectivity index (χ4n) is 3.90. The standard InChI is InChI=1S/C25H23ClN4O4/c1-17-10-11-18(14-23(17)30(33)34)24(31)27-20-7-4-8-21(15-20)29-13-5-12-28(25(29)32)16-19-6-2-3-9-22(19)26/h2-4,6-11,14-15H,5,12-13,16H2,1H3,(H,27,31). The van der Waals surface area contributed by atoms with Gasteiger partial charge in [0.1, 0.15) is 0 Å². The molecule has 0 atom stereocenters. The lowest BCUT2D eigenvalue weighted by Gasteiger charge is -2.36. The average molecular weight is 479 g/mol. The van der Waals surface area contributed by atoms with Gasteiger partial charge in [-0.1, -0.05) is 41.9 Å². The minimum absolute atomic E-state index is 0.112. The summed E-state index contributed by atoms with van der Waals surface area (Å²) in [6, 6.07) is 18.7. The summed E-state index contributed by atoms with van der Waals surface area (Å²) in [7, 11) is 0. The van der Waals surface area contributed by atoms with Crippen LogP contribution in [-0.2, 0) is 6.54 Å². The van der Waals surface area contributed by atoms with Gasteiger partial charge in [0.25, 0.3) is 11.6 Å². The van der Waals surface area contributed by atoms with Crippen molar-refractivity contribution in [2.75, 3.05) is 23.3 Å². The number of rotatable bonds is 6. The van der Waals surface area contributed by atoms with E-state index < -0.39 is 10.8 Å². The second-order valence-corrected chi connectivity index (χ2v) is 8.47. The van der Waals surface area contributed by atoms with Gasteiger partial charge >= 0.3 is 6.03 Å². The quantitative estimate of drug-likeness (QED) is 0.366. The van der Waals surface area contributed by atoms with Gasteiger partial charge in [-0.05, 0) is 49.2 Å². The van der Waals surface area contributed by atoms with E-state index in [1.54, 1.807) is 53.1 Å². The van der Waals surface area contributed by atoms with E-state index in [9.17, 15) is 19.7 Å². The molecule has 1 fully saturated rings. The highest BCUT2D eigenvalue weighted by Gasteiger charge is 2.27. The predicted octanol–water partition coefficient (Wildman–Crippen LogP) is 5.64. The van der Waals surface area contributed by atoms with Gasteiger partial charge in [-0.15, -0.1) is 0 Å². The van der Waals surface area contributed by atoms with Gasteiger partial charge < -0.3 is 10.2 Å². The van der Waals surface area contributed by atoms with E-state index in [-0.39, 0.29) is 17.3 Å². The number of hydrogen-bond acceptors (Lipinski definition) is 4. The Hall–Kier alpha value is -3.91. The number of benzene rings is 3. The number of amides is 3. The number of nitro groups is 1. The molecular formula is C25H23ClN4O4. The van der Waals surface area contributed by atoms with Crippen molar-refractivity contribution in [2.45, 2.75) is 19.9 Å². The smallest absolute Gasteiger partial charge is 0.322 e. The van der Waals surface area contributed by atoms with Crippen LogP contribution in [0, 0.1) is 17.0 Å². The normalized spacial score (nSPS) is 13.6. The Labute approximate surface area is 201 Å². The fraction of sp³-hybridized carbons (Fsp3) is 0.200. The summed E-state index contributed by atoms with van der Waals surface area (Å²) in [5.74, 6) is -0.467. The number of nitrogens with zero attached hydrogens (tertiary/aromatic N) is 3. The highest BCUT2D eigenvalue weighted by atomic mass is 35.5. The summed E-state index contributed by atoms with van der Waals surface area (Å²) in [6.45, 7) is 3.22. The van der Waals surface area contributed by atoms with Crippen LogP contribution in [0.1, 0.15) is 27.9 Å². The second kappa shape index (κ2) is 9.93. The number of nitro benzene ring substituents is 1.